The summed E-state index contributed by atoms with van der Waals surface area (Å²) in [6.45, 7) is 0.736. The molecule has 0 aromatic heterocycles. The summed E-state index contributed by atoms with van der Waals surface area (Å²) in [6, 6.07) is 0. The summed E-state index contributed by atoms with van der Waals surface area (Å²) in [4.78, 5) is 3.18. The number of rotatable bonds is 3. The van der Waals surface area contributed by atoms with Crippen molar-refractivity contribution in [1.29, 1.82) is 0 Å². The largest absolute Gasteiger partial charge is 0.260 e. The van der Waals surface area contributed by atoms with Crippen LogP contribution < -0.4 is 5.54 Å². The Morgan fingerprint density at radius 1 is 1.78 bits per heavy atom. The lowest BCUT2D eigenvalue weighted by atomic mass is 10.5. The van der Waals surface area contributed by atoms with Crippen molar-refractivity contribution in [3.63, 3.8) is 0 Å². The Kier molecular flexibility index (Phi) is 4.67. The van der Waals surface area contributed by atoms with E-state index in [9.17, 15) is 8.87 Å². The Bertz CT molecular complexity index is 120. The van der Waals surface area contributed by atoms with Gasteiger partial charge in [0.2, 0.25) is 0 Å². The van der Waals surface area contributed by atoms with Gasteiger partial charge in [-0.2, -0.15) is 0 Å². The van der Waals surface area contributed by atoms with Crippen molar-refractivity contribution in [2.45, 2.75) is 6.92 Å². The zero-order valence-electron chi connectivity index (χ0n) is 5.06. The second kappa shape index (κ2) is 5.21. The van der Waals surface area contributed by atoms with Gasteiger partial charge in [-0.3, -0.25) is 4.99 Å². The fourth-order valence-corrected chi connectivity index (χ4v) is 0.236. The van der Waals surface area contributed by atoms with E-state index in [0.29, 0.717) is 5.70 Å². The number of alkyl halides is 1. The molecule has 2 nitrogen and oxygen atoms in total. The maximum atomic E-state index is 11.3. The molecule has 0 bridgehead atoms. The van der Waals surface area contributed by atoms with Crippen LogP contribution in [-0.2, 0) is 0 Å². The summed E-state index contributed by atoms with van der Waals surface area (Å²) < 4.78 is 22.5. The molecule has 0 heterocycles. The van der Waals surface area contributed by atoms with Crippen LogP contribution in [0.4, 0.5) is 8.87 Å². The van der Waals surface area contributed by atoms with Gasteiger partial charge in [0.05, 0.1) is 0 Å². The van der Waals surface area contributed by atoms with Crippen molar-refractivity contribution < 1.29 is 8.87 Å². The van der Waals surface area contributed by atoms with Gasteiger partial charge in [-0.05, 0) is 13.0 Å². The lowest BCUT2D eigenvalue weighted by Gasteiger charge is -1.87. The molecule has 4 heteroatoms. The van der Waals surface area contributed by atoms with Gasteiger partial charge in [0, 0.05) is 11.9 Å². The number of hydrogen-bond donors (Lipinski definition) is 1. The first-order valence-electron chi connectivity index (χ1n) is 2.40. The Balaban J connectivity index is 3.55. The average molecular weight is 134 g/mol. The van der Waals surface area contributed by atoms with E-state index in [-0.39, 0.29) is 0 Å². The van der Waals surface area contributed by atoms with Gasteiger partial charge >= 0.3 is 0 Å². The van der Waals surface area contributed by atoms with Crippen LogP contribution in [0.3, 0.4) is 0 Å². The van der Waals surface area contributed by atoms with Gasteiger partial charge in [-0.15, -0.1) is 4.48 Å². The second-order valence-corrected chi connectivity index (χ2v) is 1.40. The van der Waals surface area contributed by atoms with Gasteiger partial charge in [-0.1, -0.05) is 0 Å². The van der Waals surface area contributed by atoms with Crippen molar-refractivity contribution in [2.24, 2.45) is 4.99 Å². The topological polar surface area (TPSA) is 24.4 Å². The molecule has 1 N–H and O–H groups in total. The highest BCUT2D eigenvalue weighted by atomic mass is 19.2. The average Bonchev–Trinajstić information content (AvgIpc) is 1.89. The Morgan fingerprint density at radius 2 is 2.44 bits per heavy atom. The highest BCUT2D eigenvalue weighted by molar-refractivity contribution is 5.71. The van der Waals surface area contributed by atoms with Crippen LogP contribution in [-0.4, -0.2) is 13.0 Å². The molecular formula is C5H8F2N2. The molecular weight excluding hydrogens is 126 g/mol. The van der Waals surface area contributed by atoms with Crippen molar-refractivity contribution in [2.75, 3.05) is 6.80 Å². The lowest BCUT2D eigenvalue weighted by molar-refractivity contribution is 0.386. The van der Waals surface area contributed by atoms with Crippen molar-refractivity contribution in [3.8, 4) is 0 Å². The molecule has 0 radical (unpaired) electrons. The molecule has 0 aliphatic rings. The van der Waals surface area contributed by atoms with E-state index in [1.807, 2.05) is 0 Å². The van der Waals surface area contributed by atoms with Gasteiger partial charge < -0.3 is 0 Å². The standard InChI is InChI=1S/C5H8F2N2/c1-5(9-7)2-3-8-4-6/h2-3,9H,4H2,1H3. The van der Waals surface area contributed by atoms with Crippen LogP contribution >= 0.6 is 0 Å². The monoisotopic (exact) mass is 134 g/mol. The molecule has 0 aliphatic carbocycles. The van der Waals surface area contributed by atoms with Crippen LogP contribution in [0.25, 0.3) is 0 Å². The molecule has 0 aliphatic heterocycles. The molecule has 0 aromatic rings. The van der Waals surface area contributed by atoms with Crippen molar-refractivity contribution in [1.82, 2.24) is 5.54 Å². The fraction of sp³-hybridized carbons (Fsp3) is 0.400. The molecule has 0 amide bonds. The zero-order chi connectivity index (χ0) is 7.11. The van der Waals surface area contributed by atoms with Gasteiger partial charge in [0.15, 0.2) is 6.80 Å². The minimum Gasteiger partial charge on any atom is -0.260 e. The maximum Gasteiger partial charge on any atom is 0.179 e. The first kappa shape index (κ1) is 8.07. The molecule has 0 saturated carbocycles. The number of nitrogens with zero attached hydrogens (tertiary/aromatic N) is 1. The molecule has 0 spiro atoms. The fourth-order valence-electron chi connectivity index (χ4n) is 0.236. The van der Waals surface area contributed by atoms with Crippen molar-refractivity contribution >= 4 is 6.21 Å². The minimum absolute atomic E-state index is 0.298. The Morgan fingerprint density at radius 3 is 2.89 bits per heavy atom. The third-order valence-corrected chi connectivity index (χ3v) is 0.648. The first-order valence-corrected chi connectivity index (χ1v) is 2.40. The number of allylic oxidation sites excluding steroid dienone is 2. The van der Waals surface area contributed by atoms with E-state index < -0.39 is 6.80 Å². The molecule has 52 valence electrons. The molecule has 0 fully saturated rings. The highest BCUT2D eigenvalue weighted by Gasteiger charge is 1.78. The predicted molar refractivity (Wildman–Crippen MR) is 32.5 cm³/mol. The Hall–Kier alpha value is -0.930. The molecule has 0 rings (SSSR count). The summed E-state index contributed by atoms with van der Waals surface area (Å²) in [5.74, 6) is 0. The number of nitrogens with one attached hydrogen (secondary N) is 1. The van der Waals surface area contributed by atoms with E-state index in [2.05, 4.69) is 4.99 Å². The number of aliphatic imine (C=N–C) groups is 1. The van der Waals surface area contributed by atoms with Crippen LogP contribution in [0.1, 0.15) is 6.92 Å². The minimum atomic E-state index is -0.768. The van der Waals surface area contributed by atoms with E-state index in [1.54, 1.807) is 0 Å². The molecule has 0 atom stereocenters. The normalized spacial score (nSPS) is 12.6. The summed E-state index contributed by atoms with van der Waals surface area (Å²) in [5.41, 5.74) is 1.67. The third-order valence-electron chi connectivity index (χ3n) is 0.648. The quantitative estimate of drug-likeness (QED) is 0.352. The molecule has 0 saturated heterocycles. The third kappa shape index (κ3) is 4.93. The van der Waals surface area contributed by atoms with Gasteiger partial charge in [0.25, 0.3) is 0 Å². The second-order valence-electron chi connectivity index (χ2n) is 1.40. The molecule has 0 aromatic carbocycles. The first-order chi connectivity index (χ1) is 4.31. The number of hydrogen-bond acceptors (Lipinski definition) is 2. The highest BCUT2D eigenvalue weighted by Crippen LogP contribution is 1.82. The zero-order valence-corrected chi connectivity index (χ0v) is 5.06. The Labute approximate surface area is 52.2 Å². The van der Waals surface area contributed by atoms with E-state index in [1.165, 1.54) is 24.8 Å². The van der Waals surface area contributed by atoms with Crippen LogP contribution in [0, 0.1) is 0 Å². The number of halogens is 2. The molecule has 9 heavy (non-hydrogen) atoms. The summed E-state index contributed by atoms with van der Waals surface area (Å²) in [7, 11) is 0. The van der Waals surface area contributed by atoms with E-state index in [0.717, 1.165) is 0 Å². The van der Waals surface area contributed by atoms with Gasteiger partial charge in [0.1, 0.15) is 0 Å². The van der Waals surface area contributed by atoms with Crippen LogP contribution in [0.2, 0.25) is 0 Å². The SMILES string of the molecule is CC(=CC=NCF)NF. The summed E-state index contributed by atoms with van der Waals surface area (Å²) >= 11 is 0. The van der Waals surface area contributed by atoms with Crippen LogP contribution in [0.5, 0.6) is 0 Å². The van der Waals surface area contributed by atoms with Crippen molar-refractivity contribution in [3.05, 3.63) is 11.8 Å². The smallest absolute Gasteiger partial charge is 0.179 e. The summed E-state index contributed by atoms with van der Waals surface area (Å²) in [6.07, 6.45) is 2.53. The maximum absolute atomic E-state index is 11.3. The van der Waals surface area contributed by atoms with E-state index in [4.69, 9.17) is 0 Å². The lowest BCUT2D eigenvalue weighted by Crippen LogP contribution is -1.94. The molecule has 0 unspecified atom stereocenters. The summed E-state index contributed by atoms with van der Waals surface area (Å²) in [5, 5.41) is 0. The van der Waals surface area contributed by atoms with E-state index >= 15 is 0 Å². The predicted octanol–water partition coefficient (Wildman–Crippen LogP) is 1.36. The van der Waals surface area contributed by atoms with Crippen LogP contribution in [0.15, 0.2) is 16.8 Å². The van der Waals surface area contributed by atoms with Gasteiger partial charge in [-0.25, -0.2) is 9.93 Å².